The van der Waals surface area contributed by atoms with E-state index in [9.17, 15) is 4.79 Å². The average Bonchev–Trinajstić information content (AvgIpc) is 2.25. The molecule has 0 heterocycles. The first kappa shape index (κ1) is 16.7. The molecule has 0 aromatic carbocycles. The number of urea groups is 1. The van der Waals surface area contributed by atoms with E-state index in [1.807, 2.05) is 20.8 Å². The van der Waals surface area contributed by atoms with Crippen molar-refractivity contribution in [2.75, 3.05) is 19.8 Å². The minimum absolute atomic E-state index is 0.0689. The molecule has 0 saturated heterocycles. The number of hydrogen-bond acceptors (Lipinski definition) is 4. The highest BCUT2D eigenvalue weighted by atomic mass is 27.3. The van der Waals surface area contributed by atoms with Crippen molar-refractivity contribution < 1.29 is 16.2 Å². The van der Waals surface area contributed by atoms with Crippen LogP contribution in [-0.4, -0.2) is 47.0 Å². The summed E-state index contributed by atoms with van der Waals surface area (Å²) < 4.78 is 16.5. The van der Waals surface area contributed by atoms with E-state index in [1.165, 1.54) is 0 Å². The SMILES string of the molecule is CC[O][Al]([O]CC)[O]C(C)CCCNC(N)=O. The third-order valence-corrected chi connectivity index (χ3v) is 3.93. The van der Waals surface area contributed by atoms with E-state index in [4.69, 9.17) is 17.1 Å². The molecule has 0 radical (unpaired) electrons. The molecule has 0 saturated carbocycles. The maximum Gasteiger partial charge on any atom is 0.905 e. The van der Waals surface area contributed by atoms with Gasteiger partial charge in [-0.15, -0.1) is 0 Å². The van der Waals surface area contributed by atoms with Gasteiger partial charge in [-0.3, -0.25) is 0 Å². The van der Waals surface area contributed by atoms with Crippen LogP contribution in [0.2, 0.25) is 0 Å². The Morgan fingerprint density at radius 1 is 1.35 bits per heavy atom. The molecule has 2 amide bonds. The molecule has 0 bridgehead atoms. The van der Waals surface area contributed by atoms with Crippen LogP contribution in [-0.2, 0) is 11.4 Å². The van der Waals surface area contributed by atoms with Crippen molar-refractivity contribution in [2.24, 2.45) is 5.73 Å². The molecule has 17 heavy (non-hydrogen) atoms. The fourth-order valence-corrected chi connectivity index (χ4v) is 2.57. The zero-order valence-corrected chi connectivity index (χ0v) is 12.1. The molecule has 3 N–H and O–H groups in total. The van der Waals surface area contributed by atoms with Crippen LogP contribution < -0.4 is 11.1 Å². The first-order chi connectivity index (χ1) is 8.10. The van der Waals surface area contributed by atoms with Crippen molar-refractivity contribution in [3.63, 3.8) is 0 Å². The molecule has 0 aromatic heterocycles. The number of nitrogens with one attached hydrogen (secondary N) is 1. The second kappa shape index (κ2) is 10.8. The van der Waals surface area contributed by atoms with Crippen LogP contribution in [0.3, 0.4) is 0 Å². The fourth-order valence-electron chi connectivity index (χ4n) is 1.26. The van der Waals surface area contributed by atoms with Gasteiger partial charge in [-0.1, -0.05) is 0 Å². The van der Waals surface area contributed by atoms with Gasteiger partial charge in [-0.25, -0.2) is 4.79 Å². The highest BCUT2D eigenvalue weighted by Crippen LogP contribution is 2.04. The lowest BCUT2D eigenvalue weighted by atomic mass is 10.2. The molecule has 0 aromatic rings. The van der Waals surface area contributed by atoms with Crippen molar-refractivity contribution in [1.82, 2.24) is 5.32 Å². The van der Waals surface area contributed by atoms with Crippen molar-refractivity contribution in [3.8, 4) is 0 Å². The fraction of sp³-hybridized carbons (Fsp3) is 0.900. The van der Waals surface area contributed by atoms with Crippen LogP contribution >= 0.6 is 0 Å². The van der Waals surface area contributed by atoms with Gasteiger partial charge in [0.25, 0.3) is 0 Å². The molecule has 0 rings (SSSR count). The predicted octanol–water partition coefficient (Wildman–Crippen LogP) is 0.898. The summed E-state index contributed by atoms with van der Waals surface area (Å²) in [7, 11) is 0. The summed E-state index contributed by atoms with van der Waals surface area (Å²) in [5.74, 6) is 0. The van der Waals surface area contributed by atoms with Gasteiger partial charge in [0.1, 0.15) is 0 Å². The van der Waals surface area contributed by atoms with Gasteiger partial charge in [0.15, 0.2) is 0 Å². The number of primary amides is 1. The van der Waals surface area contributed by atoms with Crippen molar-refractivity contribution >= 4 is 21.2 Å². The van der Waals surface area contributed by atoms with E-state index in [0.29, 0.717) is 19.8 Å². The minimum atomic E-state index is -1.98. The number of carbonyl (C=O) groups excluding carboxylic acids is 1. The summed E-state index contributed by atoms with van der Waals surface area (Å²) in [6.45, 7) is 7.59. The monoisotopic (exact) mass is 262 g/mol. The molecule has 1 unspecified atom stereocenters. The molecule has 0 aliphatic rings. The van der Waals surface area contributed by atoms with E-state index in [2.05, 4.69) is 5.32 Å². The van der Waals surface area contributed by atoms with E-state index in [0.717, 1.165) is 12.8 Å². The Morgan fingerprint density at radius 2 is 1.94 bits per heavy atom. The smallest absolute Gasteiger partial charge is 0.455 e. The highest BCUT2D eigenvalue weighted by Gasteiger charge is 2.31. The van der Waals surface area contributed by atoms with Gasteiger partial charge in [0.2, 0.25) is 0 Å². The van der Waals surface area contributed by atoms with Crippen molar-refractivity contribution in [1.29, 1.82) is 0 Å². The number of amides is 2. The Kier molecular flexibility index (Phi) is 10.6. The summed E-state index contributed by atoms with van der Waals surface area (Å²) in [5, 5.41) is 2.54. The lowest BCUT2D eigenvalue weighted by Crippen LogP contribution is -2.33. The minimum Gasteiger partial charge on any atom is -0.455 e. The largest absolute Gasteiger partial charge is 0.905 e. The molecule has 0 aliphatic carbocycles. The molecular weight excluding hydrogens is 239 g/mol. The maximum absolute atomic E-state index is 10.4. The number of hydrogen-bond donors (Lipinski definition) is 2. The standard InChI is InChI=1S/C6H13N2O2.2C2H5O.Al/c1-5(9)3-2-4-8-6(7)10;2*1-2-3;/h5H,2-4H2,1H3,(H3,7,8,10);2*2H2,1H3;/q3*-1;+3. The first-order valence-corrected chi connectivity index (χ1v) is 7.43. The lowest BCUT2D eigenvalue weighted by molar-refractivity contribution is 0.0662. The summed E-state index contributed by atoms with van der Waals surface area (Å²) in [5.41, 5.74) is 4.95. The van der Waals surface area contributed by atoms with Gasteiger partial charge < -0.3 is 22.4 Å². The van der Waals surface area contributed by atoms with E-state index >= 15 is 0 Å². The molecule has 0 aliphatic heterocycles. The highest BCUT2D eigenvalue weighted by molar-refractivity contribution is 6.36. The number of nitrogens with two attached hydrogens (primary N) is 1. The molecule has 6 nitrogen and oxygen atoms in total. The maximum atomic E-state index is 10.4. The Balaban J connectivity index is 3.65. The lowest BCUT2D eigenvalue weighted by Gasteiger charge is -2.17. The van der Waals surface area contributed by atoms with E-state index < -0.39 is 21.2 Å². The number of rotatable bonds is 10. The normalized spacial score (nSPS) is 12.2. The summed E-state index contributed by atoms with van der Waals surface area (Å²) in [6.07, 6.45) is 1.73. The number of carbonyl (C=O) groups is 1. The quantitative estimate of drug-likeness (QED) is 0.452. The zero-order chi connectivity index (χ0) is 13.1. The third-order valence-electron chi connectivity index (χ3n) is 2.04. The van der Waals surface area contributed by atoms with Crippen LogP contribution in [0.5, 0.6) is 0 Å². The Bertz CT molecular complexity index is 201. The average molecular weight is 262 g/mol. The van der Waals surface area contributed by atoms with E-state index in [-0.39, 0.29) is 6.10 Å². The predicted molar refractivity (Wildman–Crippen MR) is 66.4 cm³/mol. The Morgan fingerprint density at radius 3 is 2.41 bits per heavy atom. The summed E-state index contributed by atoms with van der Waals surface area (Å²) in [4.78, 5) is 10.4. The topological polar surface area (TPSA) is 82.8 Å². The van der Waals surface area contributed by atoms with Gasteiger partial charge in [-0.05, 0) is 33.6 Å². The van der Waals surface area contributed by atoms with Gasteiger partial charge in [0.05, 0.1) is 0 Å². The van der Waals surface area contributed by atoms with Crippen LogP contribution in [0, 0.1) is 0 Å². The first-order valence-electron chi connectivity index (χ1n) is 6.02. The Labute approximate surface area is 108 Å². The van der Waals surface area contributed by atoms with Crippen LogP contribution in [0.15, 0.2) is 0 Å². The van der Waals surface area contributed by atoms with Gasteiger partial charge >= 0.3 is 21.2 Å². The molecule has 7 heteroatoms. The van der Waals surface area contributed by atoms with Crippen LogP contribution in [0.4, 0.5) is 4.79 Å². The summed E-state index contributed by atoms with van der Waals surface area (Å²) >= 11 is -1.98. The van der Waals surface area contributed by atoms with Crippen molar-refractivity contribution in [3.05, 3.63) is 0 Å². The van der Waals surface area contributed by atoms with Gasteiger partial charge in [0, 0.05) is 25.9 Å². The molecule has 0 fully saturated rings. The van der Waals surface area contributed by atoms with Gasteiger partial charge in [-0.2, -0.15) is 0 Å². The molecular formula is C10H23AlN2O4. The molecule has 100 valence electrons. The zero-order valence-electron chi connectivity index (χ0n) is 10.9. The van der Waals surface area contributed by atoms with Crippen molar-refractivity contribution in [2.45, 2.75) is 39.7 Å². The molecule has 0 spiro atoms. The summed E-state index contributed by atoms with van der Waals surface area (Å²) in [6, 6.07) is -0.491. The second-order valence-corrected chi connectivity index (χ2v) is 5.10. The van der Waals surface area contributed by atoms with Crippen LogP contribution in [0.1, 0.15) is 33.6 Å². The van der Waals surface area contributed by atoms with E-state index in [1.54, 1.807) is 0 Å². The van der Waals surface area contributed by atoms with Crippen LogP contribution in [0.25, 0.3) is 0 Å². The third kappa shape index (κ3) is 10.5. The molecule has 1 atom stereocenters. The second-order valence-electron chi connectivity index (χ2n) is 3.58. The Hall–Kier alpha value is -0.318.